The third-order valence-electron chi connectivity index (χ3n) is 13.0. The molecule has 0 bridgehead atoms. The summed E-state index contributed by atoms with van der Waals surface area (Å²) >= 11 is 0. The van der Waals surface area contributed by atoms with Crippen LogP contribution in [-0.2, 0) is 25.9 Å². The van der Waals surface area contributed by atoms with E-state index in [-0.39, 0.29) is 29.6 Å². The summed E-state index contributed by atoms with van der Waals surface area (Å²) in [6.45, 7) is 6.53. The molecule has 3 aliphatic heterocycles. The number of ether oxygens (including phenoxy) is 3. The largest absolute Gasteiger partial charge is 0.455 e. The molecule has 61 heavy (non-hydrogen) atoms. The molecule has 2 aromatic heterocycles. The number of likely N-dealkylation sites (tertiary alicyclic amines) is 1. The summed E-state index contributed by atoms with van der Waals surface area (Å²) in [5, 5.41) is 15.8. The lowest BCUT2D eigenvalue weighted by Gasteiger charge is -2.56. The van der Waals surface area contributed by atoms with Gasteiger partial charge in [-0.2, -0.15) is 0 Å². The van der Waals surface area contributed by atoms with Gasteiger partial charge >= 0.3 is 0 Å². The fourth-order valence-electron chi connectivity index (χ4n) is 9.74. The van der Waals surface area contributed by atoms with Gasteiger partial charge in [0.25, 0.3) is 21.6 Å². The highest BCUT2D eigenvalue weighted by molar-refractivity contribution is 7.90. The Morgan fingerprint density at radius 3 is 2.67 bits per heavy atom. The van der Waals surface area contributed by atoms with Crippen LogP contribution in [0.5, 0.6) is 11.5 Å². The molecule has 0 unspecified atom stereocenters. The summed E-state index contributed by atoms with van der Waals surface area (Å²) in [5.74, 6) is -0.431. The number of aromatic amines is 1. The average Bonchev–Trinajstić information content (AvgIpc) is 3.95. The summed E-state index contributed by atoms with van der Waals surface area (Å²) in [6.07, 6.45) is 11.0. The highest BCUT2D eigenvalue weighted by atomic mass is 32.2. The van der Waals surface area contributed by atoms with Crippen LogP contribution >= 0.6 is 0 Å². The summed E-state index contributed by atoms with van der Waals surface area (Å²) in [5.41, 5.74) is 4.41. The van der Waals surface area contributed by atoms with Crippen LogP contribution in [0.2, 0.25) is 0 Å². The summed E-state index contributed by atoms with van der Waals surface area (Å²) in [4.78, 5) is 37.4. The van der Waals surface area contributed by atoms with Crippen LogP contribution in [0.25, 0.3) is 11.0 Å². The highest BCUT2D eigenvalue weighted by Gasteiger charge is 2.50. The van der Waals surface area contributed by atoms with Crippen LogP contribution in [0.15, 0.2) is 90.1 Å². The van der Waals surface area contributed by atoms with Gasteiger partial charge in [-0.05, 0) is 104 Å². The topological polar surface area (TPSA) is 181 Å². The van der Waals surface area contributed by atoms with E-state index in [4.69, 9.17) is 14.2 Å². The van der Waals surface area contributed by atoms with Crippen molar-refractivity contribution in [3.63, 3.8) is 0 Å². The summed E-state index contributed by atoms with van der Waals surface area (Å²) < 4.78 is 46.7. The molecule has 16 heteroatoms. The lowest BCUT2D eigenvalue weighted by molar-refractivity contribution is -0.384. The van der Waals surface area contributed by atoms with Crippen molar-refractivity contribution in [3.8, 4) is 11.5 Å². The van der Waals surface area contributed by atoms with Crippen molar-refractivity contribution in [2.45, 2.75) is 75.0 Å². The normalized spacial score (nSPS) is 20.7. The van der Waals surface area contributed by atoms with E-state index in [0.29, 0.717) is 48.7 Å². The molecule has 3 saturated heterocycles. The number of hydrogen-bond acceptors (Lipinski definition) is 12. The number of piperidine rings is 1. The number of carbonyl (C=O) groups excluding carboxylic acids is 1. The van der Waals surface area contributed by atoms with E-state index in [1.807, 2.05) is 12.1 Å². The first kappa shape index (κ1) is 40.8. The Morgan fingerprint density at radius 2 is 1.89 bits per heavy atom. The number of hydrogen-bond donors (Lipinski definition) is 3. The second kappa shape index (κ2) is 17.1. The molecule has 2 atom stereocenters. The molecule has 1 saturated carbocycles. The van der Waals surface area contributed by atoms with Crippen molar-refractivity contribution < 1.29 is 32.3 Å². The van der Waals surface area contributed by atoms with Gasteiger partial charge in [-0.15, -0.1) is 0 Å². The SMILES string of the molecule is CCc1ccccc1[C@@H]1CCCN1C1CC2(CCN(c3ccc(C(=O)NS(=O)(=O)c4ccc(NC[C@H]5COCCO5)c([N+](=O)[O-])c4)c(Oc4cnc5[nH]ccc5c4)c3)CC2)C1. The first-order valence-corrected chi connectivity index (χ1v) is 22.7. The van der Waals surface area contributed by atoms with Crippen molar-refractivity contribution in [1.29, 1.82) is 0 Å². The summed E-state index contributed by atoms with van der Waals surface area (Å²) in [7, 11) is -4.56. The van der Waals surface area contributed by atoms with Crippen LogP contribution in [0.3, 0.4) is 0 Å². The molecule has 4 fully saturated rings. The molecule has 1 spiro atoms. The number of H-pyrrole nitrogens is 1. The number of rotatable bonds is 13. The third-order valence-corrected chi connectivity index (χ3v) is 14.3. The van der Waals surface area contributed by atoms with Crippen molar-refractivity contribution in [2.75, 3.05) is 56.2 Å². The fraction of sp³-hybridized carbons (Fsp3) is 0.422. The molecule has 5 aromatic rings. The number of nitro groups is 1. The number of fused-ring (bicyclic) bond motifs is 1. The minimum Gasteiger partial charge on any atom is -0.455 e. The van der Waals surface area contributed by atoms with Crippen LogP contribution in [-0.4, -0.2) is 92.3 Å². The monoisotopic (exact) mass is 849 g/mol. The second-order valence-corrected chi connectivity index (χ2v) is 18.4. The number of sulfonamides is 1. The van der Waals surface area contributed by atoms with E-state index in [2.05, 4.69) is 61.0 Å². The number of aromatic nitrogens is 2. The van der Waals surface area contributed by atoms with E-state index >= 15 is 0 Å². The van der Waals surface area contributed by atoms with Crippen molar-refractivity contribution in [1.82, 2.24) is 19.6 Å². The summed E-state index contributed by atoms with van der Waals surface area (Å²) in [6, 6.07) is 22.3. The zero-order chi connectivity index (χ0) is 42.1. The third kappa shape index (κ3) is 8.54. The maximum Gasteiger partial charge on any atom is 0.293 e. The molecule has 4 aliphatic rings. The number of benzene rings is 3. The molecule has 1 amide bonds. The predicted molar refractivity (Wildman–Crippen MR) is 231 cm³/mol. The van der Waals surface area contributed by atoms with Gasteiger partial charge in [-0.25, -0.2) is 18.1 Å². The van der Waals surface area contributed by atoms with Gasteiger partial charge in [-0.1, -0.05) is 31.2 Å². The van der Waals surface area contributed by atoms with Crippen LogP contribution < -0.4 is 19.7 Å². The Balaban J connectivity index is 0.905. The van der Waals surface area contributed by atoms with Gasteiger partial charge in [0.05, 0.1) is 47.5 Å². The molecular formula is C45H51N7O8S. The van der Waals surface area contributed by atoms with E-state index < -0.39 is 31.4 Å². The minimum absolute atomic E-state index is 0.0240. The Labute approximate surface area is 355 Å². The minimum atomic E-state index is -4.56. The molecular weight excluding hydrogens is 799 g/mol. The number of carbonyl (C=O) groups is 1. The zero-order valence-corrected chi connectivity index (χ0v) is 35.0. The van der Waals surface area contributed by atoms with Gasteiger partial charge in [0.1, 0.15) is 22.8 Å². The molecule has 0 radical (unpaired) electrons. The van der Waals surface area contributed by atoms with Crippen molar-refractivity contribution in [2.24, 2.45) is 5.41 Å². The number of nitro benzene ring substituents is 1. The van der Waals surface area contributed by atoms with E-state index in [1.54, 1.807) is 24.4 Å². The highest BCUT2D eigenvalue weighted by Crippen LogP contribution is 2.54. The lowest BCUT2D eigenvalue weighted by Crippen LogP contribution is -2.54. The number of amides is 1. The maximum absolute atomic E-state index is 13.9. The van der Waals surface area contributed by atoms with Crippen LogP contribution in [0.4, 0.5) is 17.1 Å². The molecule has 320 valence electrons. The molecule has 5 heterocycles. The van der Waals surface area contributed by atoms with Crippen LogP contribution in [0, 0.1) is 15.5 Å². The van der Waals surface area contributed by atoms with Gasteiger partial charge in [0, 0.05) is 61.1 Å². The molecule has 3 aromatic carbocycles. The van der Waals surface area contributed by atoms with Crippen LogP contribution in [0.1, 0.15) is 73.0 Å². The number of anilines is 2. The van der Waals surface area contributed by atoms with E-state index in [1.165, 1.54) is 55.1 Å². The van der Waals surface area contributed by atoms with Gasteiger partial charge in [0.2, 0.25) is 0 Å². The maximum atomic E-state index is 13.9. The Kier molecular flexibility index (Phi) is 11.4. The van der Waals surface area contributed by atoms with Gasteiger partial charge < -0.3 is 29.4 Å². The zero-order valence-electron chi connectivity index (χ0n) is 34.2. The Hall–Kier alpha value is -5.55. The number of nitrogens with one attached hydrogen (secondary N) is 3. The van der Waals surface area contributed by atoms with Gasteiger partial charge in [-0.3, -0.25) is 19.8 Å². The quantitative estimate of drug-likeness (QED) is 0.0793. The standard InChI is InChI=1S/C45H51N7O8S/c1-2-30-6-3-4-7-37(30)40-8-5-17-51(40)33-25-45(26-33)14-18-50(19-15-45)32-9-11-38(42(23-32)60-34-22-31-13-16-46-43(31)48-27-34)44(53)49-61(56,57)36-10-12-39(41(24-36)52(54)55)47-28-35-29-58-20-21-59-35/h3-4,6-7,9-13,16,22-24,27,33,35,40,47H,2,5,8,14-15,17-21,25-26,28-29H2,1H3,(H,46,48)(H,49,53)/t35-,40-/m0/s1. The Morgan fingerprint density at radius 1 is 1.05 bits per heavy atom. The van der Waals surface area contributed by atoms with E-state index in [9.17, 15) is 23.3 Å². The average molecular weight is 850 g/mol. The predicted octanol–water partition coefficient (Wildman–Crippen LogP) is 7.36. The molecule has 3 N–H and O–H groups in total. The van der Waals surface area contributed by atoms with Gasteiger partial charge in [0.15, 0.2) is 0 Å². The molecule has 15 nitrogen and oxygen atoms in total. The number of nitrogens with zero attached hydrogens (tertiary/aromatic N) is 4. The Bertz CT molecular complexity index is 2530. The van der Waals surface area contributed by atoms with E-state index in [0.717, 1.165) is 56.0 Å². The van der Waals surface area contributed by atoms with Crippen molar-refractivity contribution in [3.05, 3.63) is 112 Å². The fourth-order valence-corrected chi connectivity index (χ4v) is 10.7. The second-order valence-electron chi connectivity index (χ2n) is 16.7. The smallest absolute Gasteiger partial charge is 0.293 e. The van der Waals surface area contributed by atoms with Crippen molar-refractivity contribution >= 4 is 44.0 Å². The lowest BCUT2D eigenvalue weighted by atomic mass is 9.59. The number of pyridine rings is 1. The first-order valence-electron chi connectivity index (χ1n) is 21.2. The number of aryl methyl sites for hydroxylation is 1. The first-order chi connectivity index (χ1) is 29.6. The molecule has 1 aliphatic carbocycles. The molecule has 9 rings (SSSR count).